The van der Waals surface area contributed by atoms with Gasteiger partial charge in [0.2, 0.25) is 0 Å². The van der Waals surface area contributed by atoms with Crippen LogP contribution in [0.5, 0.6) is 0 Å². The first-order chi connectivity index (χ1) is 11.8. The molecule has 1 atom stereocenters. The number of hydrogen-bond acceptors (Lipinski definition) is 3. The number of esters is 1. The Balaban J connectivity index is 1.90. The number of halogens is 1. The van der Waals surface area contributed by atoms with Gasteiger partial charge in [-0.15, -0.1) is 0 Å². The van der Waals surface area contributed by atoms with E-state index in [2.05, 4.69) is 5.32 Å². The zero-order valence-corrected chi connectivity index (χ0v) is 15.3. The van der Waals surface area contributed by atoms with Crippen molar-refractivity contribution in [1.29, 1.82) is 0 Å². The Bertz CT molecular complexity index is 744. The first-order valence-electron chi connectivity index (χ1n) is 8.08. The van der Waals surface area contributed by atoms with Crippen molar-refractivity contribution in [2.24, 2.45) is 0 Å². The van der Waals surface area contributed by atoms with Crippen molar-refractivity contribution in [1.82, 2.24) is 5.32 Å². The highest BCUT2D eigenvalue weighted by Crippen LogP contribution is 2.24. The second kappa shape index (κ2) is 8.17. The van der Waals surface area contributed by atoms with Crippen molar-refractivity contribution in [3.05, 3.63) is 70.7 Å². The topological polar surface area (TPSA) is 55.4 Å². The van der Waals surface area contributed by atoms with Gasteiger partial charge in [0.1, 0.15) is 0 Å². The van der Waals surface area contributed by atoms with E-state index < -0.39 is 11.4 Å². The van der Waals surface area contributed by atoms with Gasteiger partial charge in [-0.2, -0.15) is 0 Å². The van der Waals surface area contributed by atoms with Gasteiger partial charge >= 0.3 is 5.97 Å². The molecule has 0 fully saturated rings. The molecule has 0 aliphatic heterocycles. The first-order valence-corrected chi connectivity index (χ1v) is 8.46. The number of nitrogens with one attached hydrogen (secondary N) is 1. The molecule has 0 bridgehead atoms. The smallest absolute Gasteiger partial charge is 0.316 e. The standard InChI is InChI=1S/C20H22ClNO3/c1-14(15-8-7-11-17(21)12-15)22-18(23)13-25-19(24)20(2,3)16-9-5-4-6-10-16/h4-12,14H,13H2,1-3H3,(H,22,23)/t14-/m1/s1. The molecular weight excluding hydrogens is 338 g/mol. The summed E-state index contributed by atoms with van der Waals surface area (Å²) in [5, 5.41) is 3.40. The predicted molar refractivity (Wildman–Crippen MR) is 98.4 cm³/mol. The van der Waals surface area contributed by atoms with Gasteiger partial charge in [-0.1, -0.05) is 54.1 Å². The molecule has 0 aliphatic carbocycles. The molecule has 2 aromatic rings. The third-order valence-corrected chi connectivity index (χ3v) is 4.30. The summed E-state index contributed by atoms with van der Waals surface area (Å²) >= 11 is 5.95. The monoisotopic (exact) mass is 359 g/mol. The minimum atomic E-state index is -0.819. The Hall–Kier alpha value is -2.33. The van der Waals surface area contributed by atoms with Gasteiger partial charge in [0.15, 0.2) is 6.61 Å². The molecule has 0 aliphatic rings. The van der Waals surface area contributed by atoms with Crippen LogP contribution in [0.4, 0.5) is 0 Å². The fraction of sp³-hybridized carbons (Fsp3) is 0.300. The van der Waals surface area contributed by atoms with Crippen LogP contribution >= 0.6 is 11.6 Å². The van der Waals surface area contributed by atoms with Crippen molar-refractivity contribution in [3.63, 3.8) is 0 Å². The molecule has 25 heavy (non-hydrogen) atoms. The molecule has 1 N–H and O–H groups in total. The molecule has 5 heteroatoms. The fourth-order valence-corrected chi connectivity index (χ4v) is 2.63. The lowest BCUT2D eigenvalue weighted by atomic mass is 9.85. The van der Waals surface area contributed by atoms with Crippen LogP contribution in [-0.2, 0) is 19.7 Å². The molecule has 0 unspecified atom stereocenters. The number of carbonyl (C=O) groups excluding carboxylic acids is 2. The summed E-state index contributed by atoms with van der Waals surface area (Å²) in [6.45, 7) is 5.08. The SMILES string of the molecule is C[C@@H](NC(=O)COC(=O)C(C)(C)c1ccccc1)c1cccc(Cl)c1. The predicted octanol–water partition coefficient (Wildman–Crippen LogP) is 4.04. The Labute approximate surface area is 153 Å². The van der Waals surface area contributed by atoms with E-state index in [1.54, 1.807) is 26.0 Å². The summed E-state index contributed by atoms with van der Waals surface area (Å²) in [6, 6.07) is 16.4. The minimum absolute atomic E-state index is 0.230. The third-order valence-electron chi connectivity index (χ3n) is 4.07. The van der Waals surface area contributed by atoms with Gasteiger partial charge < -0.3 is 10.1 Å². The molecule has 0 radical (unpaired) electrons. The molecule has 0 saturated heterocycles. The van der Waals surface area contributed by atoms with Crippen molar-refractivity contribution >= 4 is 23.5 Å². The van der Waals surface area contributed by atoms with E-state index in [-0.39, 0.29) is 18.6 Å². The molecule has 0 spiro atoms. The molecular formula is C20H22ClNO3. The van der Waals surface area contributed by atoms with E-state index in [9.17, 15) is 9.59 Å². The lowest BCUT2D eigenvalue weighted by Crippen LogP contribution is -2.36. The normalized spacial score (nSPS) is 12.3. The average molecular weight is 360 g/mol. The maximum Gasteiger partial charge on any atom is 0.316 e. The minimum Gasteiger partial charge on any atom is -0.455 e. The van der Waals surface area contributed by atoms with Crippen molar-refractivity contribution in [2.75, 3.05) is 6.61 Å². The van der Waals surface area contributed by atoms with Crippen LogP contribution in [0.1, 0.15) is 37.9 Å². The van der Waals surface area contributed by atoms with Crippen LogP contribution in [0.3, 0.4) is 0 Å². The highest BCUT2D eigenvalue weighted by atomic mass is 35.5. The number of hydrogen-bond donors (Lipinski definition) is 1. The highest BCUT2D eigenvalue weighted by molar-refractivity contribution is 6.30. The molecule has 0 aromatic heterocycles. The Morgan fingerprint density at radius 2 is 1.80 bits per heavy atom. The molecule has 2 rings (SSSR count). The van der Waals surface area contributed by atoms with Crippen LogP contribution in [0, 0.1) is 0 Å². The van der Waals surface area contributed by atoms with Gasteiger partial charge in [0.25, 0.3) is 5.91 Å². The Kier molecular flexibility index (Phi) is 6.21. The summed E-state index contributed by atoms with van der Waals surface area (Å²) in [5.74, 6) is -0.797. The molecule has 0 saturated carbocycles. The van der Waals surface area contributed by atoms with E-state index in [1.165, 1.54) is 0 Å². The summed E-state index contributed by atoms with van der Waals surface area (Å²) in [7, 11) is 0. The van der Waals surface area contributed by atoms with E-state index in [0.29, 0.717) is 5.02 Å². The summed E-state index contributed by atoms with van der Waals surface area (Å²) < 4.78 is 5.21. The summed E-state index contributed by atoms with van der Waals surface area (Å²) in [5.41, 5.74) is 0.907. The van der Waals surface area contributed by atoms with E-state index >= 15 is 0 Å². The fourth-order valence-electron chi connectivity index (χ4n) is 2.43. The maximum absolute atomic E-state index is 12.4. The van der Waals surface area contributed by atoms with Crippen molar-refractivity contribution in [3.8, 4) is 0 Å². The Morgan fingerprint density at radius 3 is 2.44 bits per heavy atom. The first kappa shape index (κ1) is 19.0. The van der Waals surface area contributed by atoms with Crippen LogP contribution in [-0.4, -0.2) is 18.5 Å². The number of carbonyl (C=O) groups is 2. The van der Waals surface area contributed by atoms with Gasteiger partial charge in [0, 0.05) is 5.02 Å². The number of benzene rings is 2. The van der Waals surface area contributed by atoms with Crippen LogP contribution in [0.25, 0.3) is 0 Å². The van der Waals surface area contributed by atoms with Crippen LogP contribution in [0.2, 0.25) is 5.02 Å². The van der Waals surface area contributed by atoms with E-state index in [1.807, 2.05) is 49.4 Å². The van der Waals surface area contributed by atoms with E-state index in [0.717, 1.165) is 11.1 Å². The lowest BCUT2D eigenvalue weighted by Gasteiger charge is -2.23. The Morgan fingerprint density at radius 1 is 1.12 bits per heavy atom. The van der Waals surface area contributed by atoms with E-state index in [4.69, 9.17) is 16.3 Å². The highest BCUT2D eigenvalue weighted by Gasteiger charge is 2.31. The molecule has 1 amide bonds. The van der Waals surface area contributed by atoms with Gasteiger partial charge in [0.05, 0.1) is 11.5 Å². The molecule has 132 valence electrons. The maximum atomic E-state index is 12.4. The molecule has 0 heterocycles. The number of ether oxygens (including phenoxy) is 1. The number of amides is 1. The second-order valence-corrected chi connectivity index (χ2v) is 6.85. The molecule has 4 nitrogen and oxygen atoms in total. The van der Waals surface area contributed by atoms with Crippen LogP contribution < -0.4 is 5.32 Å². The average Bonchev–Trinajstić information content (AvgIpc) is 2.60. The summed E-state index contributed by atoms with van der Waals surface area (Å²) in [4.78, 5) is 24.4. The van der Waals surface area contributed by atoms with Crippen molar-refractivity contribution < 1.29 is 14.3 Å². The summed E-state index contributed by atoms with van der Waals surface area (Å²) in [6.07, 6.45) is 0. The third kappa shape index (κ3) is 5.07. The second-order valence-electron chi connectivity index (χ2n) is 6.41. The van der Waals surface area contributed by atoms with Gasteiger partial charge in [-0.25, -0.2) is 0 Å². The van der Waals surface area contributed by atoms with Crippen LogP contribution in [0.15, 0.2) is 54.6 Å². The molecule has 2 aromatic carbocycles. The number of rotatable bonds is 6. The van der Waals surface area contributed by atoms with Gasteiger partial charge in [-0.3, -0.25) is 9.59 Å². The quantitative estimate of drug-likeness (QED) is 0.792. The zero-order valence-electron chi connectivity index (χ0n) is 14.6. The van der Waals surface area contributed by atoms with Gasteiger partial charge in [-0.05, 0) is 44.0 Å². The lowest BCUT2D eigenvalue weighted by molar-refractivity contribution is -0.153. The zero-order chi connectivity index (χ0) is 18.4. The largest absolute Gasteiger partial charge is 0.455 e. The van der Waals surface area contributed by atoms with Crippen molar-refractivity contribution in [2.45, 2.75) is 32.2 Å².